The lowest BCUT2D eigenvalue weighted by Gasteiger charge is -2.18. The highest BCUT2D eigenvalue weighted by molar-refractivity contribution is 5.73. The van der Waals surface area contributed by atoms with Crippen molar-refractivity contribution in [3.8, 4) is 45.3 Å². The first-order chi connectivity index (χ1) is 15.4. The average molecular weight is 424 g/mol. The van der Waals surface area contributed by atoms with Gasteiger partial charge in [-0.3, -0.25) is 0 Å². The highest BCUT2D eigenvalue weighted by Crippen LogP contribution is 2.35. The van der Waals surface area contributed by atoms with Crippen molar-refractivity contribution in [1.29, 1.82) is 0 Å². The Bertz CT molecular complexity index is 1180. The maximum Gasteiger partial charge on any atom is 0.119 e. The first-order valence-electron chi connectivity index (χ1n) is 10.7. The van der Waals surface area contributed by atoms with Gasteiger partial charge in [-0.1, -0.05) is 36.4 Å². The summed E-state index contributed by atoms with van der Waals surface area (Å²) >= 11 is 0. The van der Waals surface area contributed by atoms with Crippen LogP contribution < -0.4 is 0 Å². The fourth-order valence-electron chi connectivity index (χ4n) is 4.59. The van der Waals surface area contributed by atoms with Gasteiger partial charge >= 0.3 is 0 Å². The van der Waals surface area contributed by atoms with Crippen molar-refractivity contribution in [3.05, 3.63) is 95.1 Å². The fraction of sp³-hybridized carbons (Fsp3) is 0.143. The molecule has 4 N–H and O–H groups in total. The van der Waals surface area contributed by atoms with Crippen molar-refractivity contribution in [2.45, 2.75) is 25.7 Å². The maximum atomic E-state index is 9.98. The molecule has 0 saturated heterocycles. The Hall–Kier alpha value is -3.92. The number of phenolic OH excluding ortho intramolecular Hbond substituents is 4. The summed E-state index contributed by atoms with van der Waals surface area (Å²) < 4.78 is 0. The number of aromatic hydroxyl groups is 4. The van der Waals surface area contributed by atoms with E-state index in [4.69, 9.17) is 0 Å². The van der Waals surface area contributed by atoms with E-state index in [9.17, 15) is 20.4 Å². The van der Waals surface area contributed by atoms with Gasteiger partial charge < -0.3 is 20.4 Å². The van der Waals surface area contributed by atoms with Crippen LogP contribution in [0, 0.1) is 0 Å². The molecule has 4 aromatic carbocycles. The molecule has 0 atom stereocenters. The highest BCUT2D eigenvalue weighted by Gasteiger charge is 2.14. The maximum absolute atomic E-state index is 9.98. The summed E-state index contributed by atoms with van der Waals surface area (Å²) in [5.41, 5.74) is 8.31. The Labute approximate surface area is 186 Å². The van der Waals surface area contributed by atoms with Crippen molar-refractivity contribution < 1.29 is 20.4 Å². The molecule has 4 aromatic rings. The van der Waals surface area contributed by atoms with Crippen molar-refractivity contribution in [2.24, 2.45) is 0 Å². The third-order valence-corrected chi connectivity index (χ3v) is 6.14. The van der Waals surface area contributed by atoms with E-state index in [0.29, 0.717) is 0 Å². The summed E-state index contributed by atoms with van der Waals surface area (Å²) in [6.45, 7) is 0. The lowest BCUT2D eigenvalue weighted by atomic mass is 9.87. The van der Waals surface area contributed by atoms with Crippen LogP contribution in [0.2, 0.25) is 0 Å². The molecule has 0 aromatic heterocycles. The second-order valence-corrected chi connectivity index (χ2v) is 8.46. The molecular formula is C28H24O4. The monoisotopic (exact) mass is 424 g/mol. The van der Waals surface area contributed by atoms with Crippen LogP contribution in [0.3, 0.4) is 0 Å². The van der Waals surface area contributed by atoms with Gasteiger partial charge in [-0.15, -0.1) is 0 Å². The molecule has 0 spiro atoms. The molecule has 0 aliphatic heterocycles. The van der Waals surface area contributed by atoms with Crippen molar-refractivity contribution >= 4 is 0 Å². The Morgan fingerprint density at radius 3 is 1.16 bits per heavy atom. The Kier molecular flexibility index (Phi) is 4.98. The molecule has 8 rings (SSSR count). The van der Waals surface area contributed by atoms with Gasteiger partial charge in [-0.05, 0) is 94.5 Å². The van der Waals surface area contributed by atoms with E-state index in [1.54, 1.807) is 24.3 Å². The fourth-order valence-corrected chi connectivity index (χ4v) is 4.59. The van der Waals surface area contributed by atoms with Crippen LogP contribution in [0.4, 0.5) is 0 Å². The average Bonchev–Trinajstić information content (AvgIpc) is 2.74. The van der Waals surface area contributed by atoms with E-state index >= 15 is 0 Å². The number of hydrogen-bond donors (Lipinski definition) is 4. The zero-order chi connectivity index (χ0) is 22.2. The number of benzene rings is 4. The summed E-state index contributed by atoms with van der Waals surface area (Å²) in [5.74, 6) is 0.190. The van der Waals surface area contributed by atoms with Gasteiger partial charge in [0.2, 0.25) is 0 Å². The molecule has 0 unspecified atom stereocenters. The van der Waals surface area contributed by atoms with Crippen LogP contribution in [-0.4, -0.2) is 20.4 Å². The zero-order valence-corrected chi connectivity index (χ0v) is 17.5. The topological polar surface area (TPSA) is 80.9 Å². The number of phenols is 4. The quantitative estimate of drug-likeness (QED) is 0.331. The Morgan fingerprint density at radius 1 is 0.406 bits per heavy atom. The molecule has 32 heavy (non-hydrogen) atoms. The van der Waals surface area contributed by atoms with Gasteiger partial charge in [0.25, 0.3) is 0 Å². The summed E-state index contributed by atoms with van der Waals surface area (Å²) in [4.78, 5) is 0. The Balaban J connectivity index is 1.58. The summed E-state index contributed by atoms with van der Waals surface area (Å²) in [5, 5.41) is 39.9. The lowest BCUT2D eigenvalue weighted by Crippen LogP contribution is -2.02. The number of aryl methyl sites for hydroxylation is 4. The molecule has 0 radical (unpaired) electrons. The van der Waals surface area contributed by atoms with Crippen LogP contribution in [-0.2, 0) is 25.7 Å². The zero-order valence-electron chi connectivity index (χ0n) is 17.5. The second-order valence-electron chi connectivity index (χ2n) is 8.46. The largest absolute Gasteiger partial charge is 0.508 e. The third kappa shape index (κ3) is 4.00. The molecule has 4 bridgehead atoms. The predicted molar refractivity (Wildman–Crippen MR) is 125 cm³/mol. The van der Waals surface area contributed by atoms with E-state index in [1.165, 1.54) is 23.3 Å². The molecule has 0 heterocycles. The van der Waals surface area contributed by atoms with Crippen LogP contribution in [0.15, 0.2) is 72.8 Å². The molecular weight excluding hydrogens is 400 g/mol. The van der Waals surface area contributed by atoms with Gasteiger partial charge in [0.1, 0.15) is 23.0 Å². The second kappa shape index (κ2) is 7.97. The third-order valence-electron chi connectivity index (χ3n) is 6.14. The molecule has 160 valence electrons. The van der Waals surface area contributed by atoms with Gasteiger partial charge in [0.15, 0.2) is 0 Å². The van der Waals surface area contributed by atoms with E-state index in [1.807, 2.05) is 0 Å². The van der Waals surface area contributed by atoms with Crippen LogP contribution >= 0.6 is 0 Å². The van der Waals surface area contributed by atoms with E-state index in [0.717, 1.165) is 59.1 Å². The minimum Gasteiger partial charge on any atom is -0.508 e. The molecule has 0 amide bonds. The highest BCUT2D eigenvalue weighted by atomic mass is 16.3. The molecule has 4 nitrogen and oxygen atoms in total. The smallest absolute Gasteiger partial charge is 0.119 e. The summed E-state index contributed by atoms with van der Waals surface area (Å²) in [6, 6.07) is 22.3. The molecule has 0 fully saturated rings. The summed E-state index contributed by atoms with van der Waals surface area (Å²) in [7, 11) is 0. The van der Waals surface area contributed by atoms with Gasteiger partial charge in [0, 0.05) is 12.1 Å². The van der Waals surface area contributed by atoms with E-state index in [-0.39, 0.29) is 23.0 Å². The van der Waals surface area contributed by atoms with Crippen LogP contribution in [0.25, 0.3) is 22.3 Å². The summed E-state index contributed by atoms with van der Waals surface area (Å²) in [6.07, 6.45) is 3.23. The first kappa shape index (κ1) is 20.0. The van der Waals surface area contributed by atoms with Gasteiger partial charge in [0.05, 0.1) is 0 Å². The van der Waals surface area contributed by atoms with E-state index in [2.05, 4.69) is 36.4 Å². The van der Waals surface area contributed by atoms with Crippen molar-refractivity contribution in [1.82, 2.24) is 0 Å². The van der Waals surface area contributed by atoms with Crippen molar-refractivity contribution in [2.75, 3.05) is 0 Å². The minimum absolute atomic E-state index is 0.0475. The SMILES string of the molecule is Oc1cc(O)cc(-c2cc3ccc2CCc2ccc(c(-c4cc(O)cc(O)c4)c2)CC3)c1. The van der Waals surface area contributed by atoms with Gasteiger partial charge in [-0.2, -0.15) is 0 Å². The Morgan fingerprint density at radius 2 is 0.781 bits per heavy atom. The molecule has 4 heteroatoms. The van der Waals surface area contributed by atoms with Crippen LogP contribution in [0.5, 0.6) is 23.0 Å². The lowest BCUT2D eigenvalue weighted by molar-refractivity contribution is 0.450. The number of rotatable bonds is 2. The first-order valence-corrected chi connectivity index (χ1v) is 10.7. The standard InChI is InChI=1S/C28H24O4/c29-23-11-21(12-24(30)15-23)27-9-17-1-5-19(27)8-4-18-2-6-20(7-3-17)28(10-18)22-13-25(31)16-26(32)14-22/h1-2,5-6,9-16,29-32H,3-4,7-8H2. The van der Waals surface area contributed by atoms with Crippen molar-refractivity contribution in [3.63, 3.8) is 0 Å². The molecule has 0 saturated carbocycles. The normalized spacial score (nSPS) is 13.0. The van der Waals surface area contributed by atoms with Gasteiger partial charge in [-0.25, -0.2) is 0 Å². The molecule has 4 aliphatic carbocycles. The minimum atomic E-state index is 0.0475. The predicted octanol–water partition coefficient (Wildman–Crippen LogP) is 5.73. The van der Waals surface area contributed by atoms with E-state index < -0.39 is 0 Å². The number of hydrogen-bond acceptors (Lipinski definition) is 4. The molecule has 4 aliphatic rings. The van der Waals surface area contributed by atoms with Crippen LogP contribution in [0.1, 0.15) is 22.3 Å².